The van der Waals surface area contributed by atoms with Crippen molar-refractivity contribution in [2.45, 2.75) is 83.8 Å². The van der Waals surface area contributed by atoms with E-state index < -0.39 is 82.6 Å². The van der Waals surface area contributed by atoms with Crippen LogP contribution in [0.1, 0.15) is 55.8 Å². The van der Waals surface area contributed by atoms with E-state index in [1.165, 1.54) is 25.2 Å². The van der Waals surface area contributed by atoms with Gasteiger partial charge in [-0.2, -0.15) is 13.7 Å². The third kappa shape index (κ3) is 13.5. The summed E-state index contributed by atoms with van der Waals surface area (Å²) in [5, 5.41) is 9.25. The summed E-state index contributed by atoms with van der Waals surface area (Å²) in [4.78, 5) is 51.3. The largest absolute Gasteiger partial charge is 0.467 e. The highest BCUT2D eigenvalue weighted by molar-refractivity contribution is 7.86. The third-order valence-corrected chi connectivity index (χ3v) is 7.33. The van der Waals surface area contributed by atoms with Crippen molar-refractivity contribution in [2.24, 2.45) is 17.8 Å². The van der Waals surface area contributed by atoms with Crippen LogP contribution in [-0.2, 0) is 42.8 Å². The van der Waals surface area contributed by atoms with Crippen LogP contribution in [0.25, 0.3) is 0 Å². The van der Waals surface area contributed by atoms with Crippen LogP contribution in [0.4, 0.5) is 14.0 Å². The molecular formula is C31H50FN3O11S. The summed E-state index contributed by atoms with van der Waals surface area (Å²) in [6, 6.07) is 0.333. The molecule has 14 nitrogen and oxygen atoms in total. The lowest BCUT2D eigenvalue weighted by Crippen LogP contribution is -2.46. The maximum atomic E-state index is 12.4. The minimum atomic E-state index is -3.76. The molecule has 16 heteroatoms. The number of ether oxygens (including phenoxy) is 4. The Kier molecular flexibility index (Phi) is 16.3. The van der Waals surface area contributed by atoms with E-state index in [-0.39, 0.29) is 25.4 Å². The Morgan fingerprint density at radius 2 is 1.28 bits per heavy atom. The van der Waals surface area contributed by atoms with Crippen molar-refractivity contribution in [2.75, 3.05) is 40.7 Å². The van der Waals surface area contributed by atoms with Crippen molar-refractivity contribution in [3.63, 3.8) is 0 Å². The summed E-state index contributed by atoms with van der Waals surface area (Å²) in [6.45, 7) is 17.6. The van der Waals surface area contributed by atoms with Crippen LogP contribution in [0.5, 0.6) is 0 Å². The average Bonchev–Trinajstić information content (AvgIpc) is 3.49. The number of amides is 2. The van der Waals surface area contributed by atoms with E-state index in [0.29, 0.717) is 6.42 Å². The number of nitriles is 1. The number of methoxy groups -OCH3 is 2. The molecule has 0 N–H and O–H groups in total. The molecule has 0 bridgehead atoms. The standard InChI is InChI=1S/C15H22N2O4.C15H25NO7S.CH3F/c1-6-7-11-10(8-16)9-17(12(11)13(18)20-5)14(19)21-15(2,3)4;1-7-8-10-11(23-24(6,19)20)9-16(12(10)13(17)21-5)14(18)22-15(2,3)4;1-2/h6,10-12H,1,7,9H2,2-5H3;7,10-12H,1,8-9H2,2-6H3;1H3/t2*10?,11?,12-;/m00./s1/i;;1D. The molecule has 0 radical (unpaired) electrons. The Balaban J connectivity index is 0.000000856. The van der Waals surface area contributed by atoms with Crippen molar-refractivity contribution in [1.82, 2.24) is 9.80 Å². The molecule has 6 atom stereocenters. The third-order valence-electron chi connectivity index (χ3n) is 6.73. The molecule has 2 saturated heterocycles. The van der Waals surface area contributed by atoms with E-state index in [1.54, 1.807) is 47.6 Å². The maximum Gasteiger partial charge on any atom is 0.411 e. The highest BCUT2D eigenvalue weighted by Gasteiger charge is 2.51. The molecule has 0 aromatic heterocycles. The number of carbonyl (C=O) groups excluding carboxylic acids is 4. The number of halogens is 1. The van der Waals surface area contributed by atoms with Crippen LogP contribution >= 0.6 is 0 Å². The Bertz CT molecular complexity index is 1280. The van der Waals surface area contributed by atoms with E-state index in [1.807, 2.05) is 0 Å². The summed E-state index contributed by atoms with van der Waals surface area (Å²) in [7, 11) is -2.30. The zero-order chi connectivity index (χ0) is 37.6. The number of hydrogen-bond acceptors (Lipinski definition) is 12. The first-order valence-corrected chi connectivity index (χ1v) is 16.4. The van der Waals surface area contributed by atoms with Crippen LogP contribution in [0, 0.1) is 29.1 Å². The molecule has 2 aliphatic rings. The van der Waals surface area contributed by atoms with E-state index in [2.05, 4.69) is 19.2 Å². The lowest BCUT2D eigenvalue weighted by atomic mass is 9.88. The number of nitrogens with zero attached hydrogens (tertiary/aromatic N) is 3. The molecule has 4 unspecified atom stereocenters. The summed E-state index contributed by atoms with van der Waals surface area (Å²) >= 11 is 0. The first-order chi connectivity index (χ1) is 22.1. The number of alkyl halides is 1. The van der Waals surface area contributed by atoms with Gasteiger partial charge in [0.1, 0.15) is 29.4 Å². The van der Waals surface area contributed by atoms with E-state index in [0.717, 1.165) is 11.2 Å². The number of carbonyl (C=O) groups is 4. The van der Waals surface area contributed by atoms with Gasteiger partial charge in [-0.15, -0.1) is 13.2 Å². The predicted molar refractivity (Wildman–Crippen MR) is 170 cm³/mol. The first-order valence-electron chi connectivity index (χ1n) is 15.3. The van der Waals surface area contributed by atoms with Gasteiger partial charge in [0, 0.05) is 18.4 Å². The lowest BCUT2D eigenvalue weighted by molar-refractivity contribution is -0.147. The Morgan fingerprint density at radius 1 is 0.894 bits per heavy atom. The molecule has 0 aliphatic carbocycles. The van der Waals surface area contributed by atoms with E-state index >= 15 is 0 Å². The monoisotopic (exact) mass is 692 g/mol. The van der Waals surface area contributed by atoms with E-state index in [4.69, 9.17) is 24.5 Å². The molecule has 2 amide bonds. The zero-order valence-electron chi connectivity index (χ0n) is 29.7. The molecular weight excluding hydrogens is 641 g/mol. The number of esters is 2. The van der Waals surface area contributed by atoms with Gasteiger partial charge in [-0.05, 0) is 54.4 Å². The van der Waals surface area contributed by atoms with Crippen LogP contribution in [0.3, 0.4) is 0 Å². The summed E-state index contributed by atoms with van der Waals surface area (Å²) in [5.41, 5.74) is -1.43. The van der Waals surface area contributed by atoms with Crippen molar-refractivity contribution >= 4 is 34.2 Å². The highest BCUT2D eigenvalue weighted by Crippen LogP contribution is 2.35. The number of allylic oxidation sites excluding steroid dienone is 2. The molecule has 2 aliphatic heterocycles. The second-order valence-electron chi connectivity index (χ2n) is 12.7. The maximum absolute atomic E-state index is 12.4. The molecule has 2 fully saturated rings. The number of rotatable bonds is 8. The second-order valence-corrected chi connectivity index (χ2v) is 14.3. The number of hydrogen-bond donors (Lipinski definition) is 0. The summed E-state index contributed by atoms with van der Waals surface area (Å²) in [5.74, 6) is -2.57. The molecule has 2 heterocycles. The summed E-state index contributed by atoms with van der Waals surface area (Å²) < 4.78 is 63.7. The van der Waals surface area contributed by atoms with Gasteiger partial charge >= 0.3 is 24.1 Å². The van der Waals surface area contributed by atoms with Gasteiger partial charge in [0.2, 0.25) is 0 Å². The minimum Gasteiger partial charge on any atom is -0.467 e. The van der Waals surface area contributed by atoms with Gasteiger partial charge in [0.25, 0.3) is 10.1 Å². The molecule has 0 aromatic rings. The Hall–Kier alpha value is -3.71. The van der Waals surface area contributed by atoms with Crippen molar-refractivity contribution in [3.8, 4) is 6.07 Å². The highest BCUT2D eigenvalue weighted by atomic mass is 32.2. The molecule has 0 saturated carbocycles. The van der Waals surface area contributed by atoms with Gasteiger partial charge < -0.3 is 18.9 Å². The fraction of sp³-hybridized carbons (Fsp3) is 0.710. The van der Waals surface area contributed by atoms with Crippen LogP contribution < -0.4 is 0 Å². The molecule has 0 aromatic carbocycles. The lowest BCUT2D eigenvalue weighted by Gasteiger charge is -2.28. The Labute approximate surface area is 279 Å². The number of likely N-dealkylation sites (tertiary alicyclic amines) is 2. The van der Waals surface area contributed by atoms with Gasteiger partial charge in [-0.1, -0.05) is 12.2 Å². The average molecular weight is 693 g/mol. The summed E-state index contributed by atoms with van der Waals surface area (Å²) in [6.07, 6.45) is 2.62. The van der Waals surface area contributed by atoms with Gasteiger partial charge in [-0.25, -0.2) is 19.2 Å². The normalized spacial score (nSPS) is 24.1. The molecule has 268 valence electrons. The second kappa shape index (κ2) is 18.6. The topological polar surface area (TPSA) is 179 Å². The fourth-order valence-corrected chi connectivity index (χ4v) is 5.73. The van der Waals surface area contributed by atoms with Crippen LogP contribution in [0.2, 0.25) is 0 Å². The van der Waals surface area contributed by atoms with Crippen molar-refractivity contribution in [3.05, 3.63) is 25.3 Å². The molecule has 47 heavy (non-hydrogen) atoms. The Morgan fingerprint density at radius 3 is 1.62 bits per heavy atom. The smallest absolute Gasteiger partial charge is 0.411 e. The van der Waals surface area contributed by atoms with Gasteiger partial charge in [0.15, 0.2) is 0 Å². The predicted octanol–water partition coefficient (Wildman–Crippen LogP) is 4.01. The van der Waals surface area contributed by atoms with Crippen LogP contribution in [0.15, 0.2) is 25.3 Å². The first kappa shape index (κ1) is 41.3. The SMILES string of the molecule is C=CCC1C(C#N)CN(C(=O)OC(C)(C)C)[C@@H]1C(=O)OC.C=CCC1C(OS(C)(=O)=O)CN(C(=O)OC(C)(C)C)[C@@H]1C(=O)OC.[2H]CF. The van der Waals surface area contributed by atoms with E-state index in [9.17, 15) is 37.2 Å². The van der Waals surface area contributed by atoms with Gasteiger partial charge in [-0.3, -0.25) is 18.4 Å². The van der Waals surface area contributed by atoms with Gasteiger partial charge in [0.05, 0.1) is 47.5 Å². The quantitative estimate of drug-likeness (QED) is 0.155. The molecule has 2 rings (SSSR count). The molecule has 0 spiro atoms. The minimum absolute atomic E-state index is 0.0970. The zero-order valence-corrected chi connectivity index (χ0v) is 29.5. The van der Waals surface area contributed by atoms with Crippen molar-refractivity contribution < 1.29 is 56.5 Å². The fourth-order valence-electron chi connectivity index (χ4n) is 5.07. The van der Waals surface area contributed by atoms with Crippen LogP contribution in [-0.4, -0.2) is 112 Å². The van der Waals surface area contributed by atoms with Crippen molar-refractivity contribution in [1.29, 1.82) is 5.26 Å².